The highest BCUT2D eigenvalue weighted by Gasteiger charge is 2.24. The van der Waals surface area contributed by atoms with Crippen molar-refractivity contribution in [3.8, 4) is 0 Å². The Kier molecular flexibility index (Phi) is 2.49. The standard InChI is InChI=1S/C7H14O2/c1-2-3-7(8)9-6-4-5-6/h6-8H,2-5H2,1H3. The monoisotopic (exact) mass is 130 g/mol. The van der Waals surface area contributed by atoms with Crippen LogP contribution in [0.25, 0.3) is 0 Å². The number of rotatable bonds is 4. The third kappa shape index (κ3) is 2.82. The van der Waals surface area contributed by atoms with Crippen LogP contribution in [0, 0.1) is 0 Å². The highest BCUT2D eigenvalue weighted by atomic mass is 16.6. The first-order chi connectivity index (χ1) is 4.33. The quantitative estimate of drug-likeness (QED) is 0.581. The van der Waals surface area contributed by atoms with E-state index >= 15 is 0 Å². The molecular formula is C7H14O2. The second-order valence-electron chi connectivity index (χ2n) is 2.58. The topological polar surface area (TPSA) is 29.5 Å². The molecule has 0 aromatic heterocycles. The lowest BCUT2D eigenvalue weighted by Crippen LogP contribution is -2.12. The minimum Gasteiger partial charge on any atom is -0.368 e. The lowest BCUT2D eigenvalue weighted by atomic mass is 10.3. The first-order valence-electron chi connectivity index (χ1n) is 3.66. The normalized spacial score (nSPS) is 22.0. The second-order valence-corrected chi connectivity index (χ2v) is 2.58. The van der Waals surface area contributed by atoms with Gasteiger partial charge in [-0.05, 0) is 19.3 Å². The fourth-order valence-electron chi connectivity index (χ4n) is 0.741. The summed E-state index contributed by atoms with van der Waals surface area (Å²) in [7, 11) is 0. The van der Waals surface area contributed by atoms with Gasteiger partial charge in [0.15, 0.2) is 6.29 Å². The van der Waals surface area contributed by atoms with Gasteiger partial charge in [0.1, 0.15) is 0 Å². The van der Waals surface area contributed by atoms with Crippen molar-refractivity contribution in [1.82, 2.24) is 0 Å². The van der Waals surface area contributed by atoms with Crippen molar-refractivity contribution in [1.29, 1.82) is 0 Å². The van der Waals surface area contributed by atoms with Crippen molar-refractivity contribution in [3.05, 3.63) is 0 Å². The molecule has 0 saturated heterocycles. The number of ether oxygens (including phenoxy) is 1. The molecule has 0 radical (unpaired) electrons. The zero-order chi connectivity index (χ0) is 6.69. The molecule has 2 nitrogen and oxygen atoms in total. The molecule has 0 amide bonds. The van der Waals surface area contributed by atoms with Gasteiger partial charge in [0.25, 0.3) is 0 Å². The molecule has 1 aliphatic carbocycles. The summed E-state index contributed by atoms with van der Waals surface area (Å²) in [5.74, 6) is 0. The Hall–Kier alpha value is -0.0800. The van der Waals surface area contributed by atoms with E-state index in [1.54, 1.807) is 0 Å². The number of hydrogen-bond donors (Lipinski definition) is 1. The van der Waals surface area contributed by atoms with Gasteiger partial charge in [-0.3, -0.25) is 0 Å². The molecular weight excluding hydrogens is 116 g/mol. The third-order valence-electron chi connectivity index (χ3n) is 1.41. The van der Waals surface area contributed by atoms with Crippen LogP contribution in [0.3, 0.4) is 0 Å². The SMILES string of the molecule is CCCC(O)OC1CC1. The summed E-state index contributed by atoms with van der Waals surface area (Å²) in [5, 5.41) is 9.04. The van der Waals surface area contributed by atoms with Gasteiger partial charge in [0.05, 0.1) is 6.10 Å². The van der Waals surface area contributed by atoms with E-state index in [1.165, 1.54) is 0 Å². The van der Waals surface area contributed by atoms with Crippen LogP contribution >= 0.6 is 0 Å². The summed E-state index contributed by atoms with van der Waals surface area (Å²) in [4.78, 5) is 0. The third-order valence-corrected chi connectivity index (χ3v) is 1.41. The van der Waals surface area contributed by atoms with Gasteiger partial charge in [0.2, 0.25) is 0 Å². The van der Waals surface area contributed by atoms with E-state index in [4.69, 9.17) is 9.84 Å². The molecule has 0 bridgehead atoms. The minimum absolute atomic E-state index is 0.381. The van der Waals surface area contributed by atoms with Crippen LogP contribution in [0.4, 0.5) is 0 Å². The molecule has 2 heteroatoms. The summed E-state index contributed by atoms with van der Waals surface area (Å²) >= 11 is 0. The van der Waals surface area contributed by atoms with Gasteiger partial charge in [-0.2, -0.15) is 0 Å². The van der Waals surface area contributed by atoms with E-state index in [0.717, 1.165) is 25.7 Å². The van der Waals surface area contributed by atoms with Crippen LogP contribution in [0.15, 0.2) is 0 Å². The zero-order valence-corrected chi connectivity index (χ0v) is 5.84. The largest absolute Gasteiger partial charge is 0.368 e. The van der Waals surface area contributed by atoms with Crippen molar-refractivity contribution in [2.45, 2.75) is 45.0 Å². The van der Waals surface area contributed by atoms with Gasteiger partial charge in [-0.15, -0.1) is 0 Å². The first kappa shape index (κ1) is 7.03. The Labute approximate surface area is 55.8 Å². The van der Waals surface area contributed by atoms with Crippen LogP contribution in [0.1, 0.15) is 32.6 Å². The summed E-state index contributed by atoms with van der Waals surface area (Å²) < 4.78 is 5.16. The fraction of sp³-hybridized carbons (Fsp3) is 1.00. The molecule has 0 aromatic carbocycles. The highest BCUT2D eigenvalue weighted by Crippen LogP contribution is 2.25. The molecule has 9 heavy (non-hydrogen) atoms. The van der Waals surface area contributed by atoms with Crippen LogP contribution in [-0.4, -0.2) is 17.5 Å². The van der Waals surface area contributed by atoms with E-state index < -0.39 is 6.29 Å². The maximum Gasteiger partial charge on any atom is 0.154 e. The lowest BCUT2D eigenvalue weighted by Gasteiger charge is -2.08. The van der Waals surface area contributed by atoms with Crippen LogP contribution in [0.2, 0.25) is 0 Å². The molecule has 0 heterocycles. The van der Waals surface area contributed by atoms with Gasteiger partial charge >= 0.3 is 0 Å². The van der Waals surface area contributed by atoms with E-state index in [2.05, 4.69) is 0 Å². The maximum atomic E-state index is 9.04. The van der Waals surface area contributed by atoms with Gasteiger partial charge < -0.3 is 9.84 Å². The second kappa shape index (κ2) is 3.18. The van der Waals surface area contributed by atoms with E-state index in [0.29, 0.717) is 6.10 Å². The van der Waals surface area contributed by atoms with Gasteiger partial charge in [-0.25, -0.2) is 0 Å². The number of aliphatic hydroxyl groups excluding tert-OH is 1. The molecule has 1 rings (SSSR count). The molecule has 54 valence electrons. The summed E-state index contributed by atoms with van der Waals surface area (Å²) in [6, 6.07) is 0. The summed E-state index contributed by atoms with van der Waals surface area (Å²) in [5.41, 5.74) is 0. The summed E-state index contributed by atoms with van der Waals surface area (Å²) in [6.07, 6.45) is 3.93. The molecule has 1 atom stereocenters. The Morgan fingerprint density at radius 3 is 2.78 bits per heavy atom. The average Bonchev–Trinajstić information content (AvgIpc) is 2.50. The maximum absolute atomic E-state index is 9.04. The van der Waals surface area contributed by atoms with Crippen molar-refractivity contribution < 1.29 is 9.84 Å². The molecule has 1 fully saturated rings. The molecule has 1 N–H and O–H groups in total. The van der Waals surface area contributed by atoms with Crippen LogP contribution < -0.4 is 0 Å². The zero-order valence-electron chi connectivity index (χ0n) is 5.84. The molecule has 1 unspecified atom stereocenters. The number of aliphatic hydroxyl groups is 1. The number of hydrogen-bond acceptors (Lipinski definition) is 2. The van der Waals surface area contributed by atoms with Crippen LogP contribution in [-0.2, 0) is 4.74 Å². The molecule has 0 aromatic rings. The molecule has 1 aliphatic rings. The smallest absolute Gasteiger partial charge is 0.154 e. The lowest BCUT2D eigenvalue weighted by molar-refractivity contribution is -0.111. The molecule has 0 spiro atoms. The minimum atomic E-state index is -0.498. The van der Waals surface area contributed by atoms with E-state index in [1.807, 2.05) is 6.92 Å². The van der Waals surface area contributed by atoms with Gasteiger partial charge in [-0.1, -0.05) is 13.3 Å². The Morgan fingerprint density at radius 2 is 2.33 bits per heavy atom. The highest BCUT2D eigenvalue weighted by molar-refractivity contribution is 4.73. The van der Waals surface area contributed by atoms with Crippen molar-refractivity contribution in [2.24, 2.45) is 0 Å². The van der Waals surface area contributed by atoms with Crippen LogP contribution in [0.5, 0.6) is 0 Å². The predicted octanol–water partition coefficient (Wildman–Crippen LogP) is 1.28. The fourth-order valence-corrected chi connectivity index (χ4v) is 0.741. The van der Waals surface area contributed by atoms with E-state index in [-0.39, 0.29) is 0 Å². The van der Waals surface area contributed by atoms with Crippen molar-refractivity contribution >= 4 is 0 Å². The Bertz CT molecular complexity index is 79.0. The first-order valence-corrected chi connectivity index (χ1v) is 3.66. The Balaban J connectivity index is 1.95. The van der Waals surface area contributed by atoms with Crippen molar-refractivity contribution in [3.63, 3.8) is 0 Å². The molecule has 1 saturated carbocycles. The predicted molar refractivity (Wildman–Crippen MR) is 35.0 cm³/mol. The van der Waals surface area contributed by atoms with Crippen molar-refractivity contribution in [2.75, 3.05) is 0 Å². The Morgan fingerprint density at radius 1 is 1.67 bits per heavy atom. The average molecular weight is 130 g/mol. The van der Waals surface area contributed by atoms with Gasteiger partial charge in [0, 0.05) is 0 Å². The van der Waals surface area contributed by atoms with E-state index in [9.17, 15) is 0 Å². The summed E-state index contributed by atoms with van der Waals surface area (Å²) in [6.45, 7) is 2.04. The molecule has 0 aliphatic heterocycles.